The van der Waals surface area contributed by atoms with E-state index in [0.717, 1.165) is 69.1 Å². The summed E-state index contributed by atoms with van der Waals surface area (Å²) >= 11 is 0. The van der Waals surface area contributed by atoms with Crippen LogP contribution in [0, 0.1) is 12.8 Å². The fourth-order valence-corrected chi connectivity index (χ4v) is 6.75. The van der Waals surface area contributed by atoms with E-state index in [1.807, 2.05) is 19.1 Å². The Kier molecular flexibility index (Phi) is 12.5. The first-order valence-electron chi connectivity index (χ1n) is 16.7. The van der Waals surface area contributed by atoms with Crippen molar-refractivity contribution in [1.29, 1.82) is 0 Å². The minimum absolute atomic E-state index is 0.0696. The van der Waals surface area contributed by atoms with Crippen molar-refractivity contribution in [3.8, 4) is 11.5 Å². The van der Waals surface area contributed by atoms with E-state index < -0.39 is 23.6 Å². The molecule has 10 heteroatoms. The number of aryl methyl sites for hydroxylation is 3. The summed E-state index contributed by atoms with van der Waals surface area (Å²) in [6, 6.07) is 11.7. The molecule has 0 saturated heterocycles. The number of carbonyl (C=O) groups excluding carboxylic acids is 3. The Balaban J connectivity index is 0.000000523. The molecule has 46 heavy (non-hydrogen) atoms. The predicted octanol–water partition coefficient (Wildman–Crippen LogP) is 3.40. The van der Waals surface area contributed by atoms with Crippen molar-refractivity contribution in [2.24, 2.45) is 5.92 Å². The second-order valence-corrected chi connectivity index (χ2v) is 13.5. The van der Waals surface area contributed by atoms with Gasteiger partial charge >= 0.3 is 0 Å². The molecular formula is C36H52N4O6. The van der Waals surface area contributed by atoms with Crippen LogP contribution in [-0.4, -0.2) is 83.3 Å². The first-order chi connectivity index (χ1) is 21.9. The summed E-state index contributed by atoms with van der Waals surface area (Å²) in [5, 5.41) is 28.7. The summed E-state index contributed by atoms with van der Waals surface area (Å²) < 4.78 is 6.49. The molecule has 2 aliphatic heterocycles. The fourth-order valence-electron chi connectivity index (χ4n) is 6.75. The van der Waals surface area contributed by atoms with Crippen LogP contribution in [0.5, 0.6) is 11.5 Å². The number of benzene rings is 2. The van der Waals surface area contributed by atoms with E-state index in [1.165, 1.54) is 29.9 Å². The molecule has 0 spiro atoms. The van der Waals surface area contributed by atoms with Crippen LogP contribution >= 0.6 is 0 Å². The van der Waals surface area contributed by atoms with Gasteiger partial charge in [-0.15, -0.1) is 0 Å². The molecule has 2 aromatic carbocycles. The van der Waals surface area contributed by atoms with Crippen LogP contribution in [0.15, 0.2) is 42.5 Å². The first-order valence-corrected chi connectivity index (χ1v) is 16.7. The van der Waals surface area contributed by atoms with Gasteiger partial charge in [0.1, 0.15) is 23.6 Å². The van der Waals surface area contributed by atoms with E-state index in [0.29, 0.717) is 18.8 Å². The Morgan fingerprint density at radius 1 is 0.891 bits per heavy atom. The van der Waals surface area contributed by atoms with Crippen LogP contribution < -0.4 is 20.7 Å². The van der Waals surface area contributed by atoms with Crippen molar-refractivity contribution in [1.82, 2.24) is 20.9 Å². The summed E-state index contributed by atoms with van der Waals surface area (Å²) in [6.07, 6.45) is 8.40. The number of nitrogens with zero attached hydrogens (tertiary/aromatic N) is 1. The van der Waals surface area contributed by atoms with E-state index in [9.17, 15) is 19.5 Å². The third-order valence-electron chi connectivity index (χ3n) is 9.21. The van der Waals surface area contributed by atoms with E-state index in [-0.39, 0.29) is 30.4 Å². The number of amides is 3. The second kappa shape index (κ2) is 16.3. The smallest absolute Gasteiger partial charge is 0.246 e. The van der Waals surface area contributed by atoms with Gasteiger partial charge in [0, 0.05) is 20.1 Å². The van der Waals surface area contributed by atoms with Gasteiger partial charge in [0.15, 0.2) is 0 Å². The number of hydrogen-bond donors (Lipinski definition) is 5. The quantitative estimate of drug-likeness (QED) is 0.341. The molecule has 1 aliphatic carbocycles. The van der Waals surface area contributed by atoms with E-state index in [4.69, 9.17) is 9.84 Å². The molecule has 10 nitrogen and oxygen atoms in total. The molecule has 3 unspecified atom stereocenters. The minimum Gasteiger partial charge on any atom is -0.508 e. The van der Waals surface area contributed by atoms with E-state index in [2.05, 4.69) is 34.1 Å². The molecule has 2 aromatic rings. The topological polar surface area (TPSA) is 140 Å². The van der Waals surface area contributed by atoms with Gasteiger partial charge in [0.05, 0.1) is 18.2 Å². The number of carbonyl (C=O) groups is 3. The molecule has 0 aromatic heterocycles. The zero-order valence-electron chi connectivity index (χ0n) is 27.8. The number of para-hydroxylation sites is 1. The van der Waals surface area contributed by atoms with Gasteiger partial charge < -0.3 is 35.8 Å². The largest absolute Gasteiger partial charge is 0.508 e. The molecule has 2 bridgehead atoms. The molecule has 0 radical (unpaired) electrons. The molecule has 1 saturated carbocycles. The highest BCUT2D eigenvalue weighted by molar-refractivity contribution is 5.92. The molecular weight excluding hydrogens is 584 g/mol. The molecule has 5 N–H and O–H groups in total. The zero-order valence-corrected chi connectivity index (χ0v) is 27.8. The summed E-state index contributed by atoms with van der Waals surface area (Å²) in [6.45, 7) is 5.80. The number of aromatic hydroxyl groups is 1. The van der Waals surface area contributed by atoms with Crippen LogP contribution in [0.3, 0.4) is 0 Å². The van der Waals surface area contributed by atoms with Crippen molar-refractivity contribution in [3.63, 3.8) is 0 Å². The summed E-state index contributed by atoms with van der Waals surface area (Å²) in [5.41, 5.74) is 1.99. The van der Waals surface area contributed by atoms with E-state index >= 15 is 0 Å². The maximum Gasteiger partial charge on any atom is 0.246 e. The number of hydrogen-bond acceptors (Lipinski definition) is 7. The Morgan fingerprint density at radius 2 is 1.57 bits per heavy atom. The number of ether oxygens (including phenoxy) is 1. The molecule has 3 amide bonds. The lowest BCUT2D eigenvalue weighted by Crippen LogP contribution is -2.63. The van der Waals surface area contributed by atoms with Gasteiger partial charge in [-0.25, -0.2) is 0 Å². The minimum atomic E-state index is -1.50. The second-order valence-electron chi connectivity index (χ2n) is 13.5. The fraction of sp³-hybridized carbons (Fsp3) is 0.583. The average Bonchev–Trinajstić information content (AvgIpc) is 3.03. The number of likely N-dealkylation sites (N-methyl/N-ethyl adjacent to an activating group) is 1. The standard InChI is InChI=1S/C29H44N4O5.C7H8O/c1-29(2,37)26-27(35)32-18-23(34)30-16-8-13-20-11-7-12-21-14-15-22(38-25(20)21)17-31-24(28(36)33(26)3)19-9-5-4-6-10-19;1-6-2-4-7(8)5-3-6/h7,11-12,19,22,24,26,31,37H,4-6,8-10,13-18H2,1-3H3,(H,30,34)(H,32,35);2-5,8H,1H3. The van der Waals surface area contributed by atoms with Crippen LogP contribution in [0.1, 0.15) is 75.5 Å². The number of nitrogens with one attached hydrogen (secondary N) is 3. The highest BCUT2D eigenvalue weighted by Crippen LogP contribution is 2.33. The Morgan fingerprint density at radius 3 is 2.22 bits per heavy atom. The molecule has 3 atom stereocenters. The maximum atomic E-state index is 14.0. The van der Waals surface area contributed by atoms with Gasteiger partial charge in [-0.05, 0) is 88.5 Å². The van der Waals surface area contributed by atoms with Crippen molar-refractivity contribution >= 4 is 17.7 Å². The number of aliphatic hydroxyl groups is 1. The molecule has 2 heterocycles. The predicted molar refractivity (Wildman–Crippen MR) is 178 cm³/mol. The van der Waals surface area contributed by atoms with Gasteiger partial charge in [0.2, 0.25) is 17.7 Å². The molecule has 252 valence electrons. The molecule has 3 aliphatic rings. The normalized spacial score (nSPS) is 23.9. The van der Waals surface area contributed by atoms with Crippen LogP contribution in [-0.2, 0) is 27.2 Å². The van der Waals surface area contributed by atoms with Gasteiger partial charge in [-0.2, -0.15) is 0 Å². The van der Waals surface area contributed by atoms with Crippen molar-refractivity contribution in [2.75, 3.05) is 26.7 Å². The van der Waals surface area contributed by atoms with Crippen LogP contribution in [0.4, 0.5) is 0 Å². The monoisotopic (exact) mass is 636 g/mol. The van der Waals surface area contributed by atoms with Crippen molar-refractivity contribution < 1.29 is 29.3 Å². The van der Waals surface area contributed by atoms with Crippen molar-refractivity contribution in [3.05, 3.63) is 59.2 Å². The number of rotatable bonds is 2. The summed E-state index contributed by atoms with van der Waals surface area (Å²) in [4.78, 5) is 40.9. The van der Waals surface area contributed by atoms with Gasteiger partial charge in [-0.1, -0.05) is 55.2 Å². The SMILES string of the molecule is CN1C(=O)C(C2CCCCC2)NCC2CCc3cccc(c3O2)CCCNC(=O)CNC(=O)C1C(C)(C)O.Cc1ccc(O)cc1. The number of fused-ring (bicyclic) bond motifs is 1. The Bertz CT molecular complexity index is 1300. The lowest BCUT2D eigenvalue weighted by atomic mass is 9.82. The highest BCUT2D eigenvalue weighted by atomic mass is 16.5. The van der Waals surface area contributed by atoms with Gasteiger partial charge in [0.25, 0.3) is 0 Å². The third kappa shape index (κ3) is 9.69. The number of phenolic OH excluding ortho intramolecular Hbond substituents is 1. The summed E-state index contributed by atoms with van der Waals surface area (Å²) in [7, 11) is 1.57. The highest BCUT2D eigenvalue weighted by Gasteiger charge is 2.42. The van der Waals surface area contributed by atoms with Crippen LogP contribution in [0.25, 0.3) is 0 Å². The Labute approximate surface area is 273 Å². The van der Waals surface area contributed by atoms with Crippen molar-refractivity contribution in [2.45, 2.75) is 102 Å². The zero-order chi connectivity index (χ0) is 33.3. The lowest BCUT2D eigenvalue weighted by molar-refractivity contribution is -0.150. The summed E-state index contributed by atoms with van der Waals surface area (Å²) in [5.74, 6) is 0.328. The van der Waals surface area contributed by atoms with E-state index in [1.54, 1.807) is 19.2 Å². The molecule has 1 fully saturated rings. The van der Waals surface area contributed by atoms with Gasteiger partial charge in [-0.3, -0.25) is 14.4 Å². The molecule has 5 rings (SSSR count). The maximum absolute atomic E-state index is 14.0. The third-order valence-corrected chi connectivity index (χ3v) is 9.21. The van der Waals surface area contributed by atoms with Crippen LogP contribution in [0.2, 0.25) is 0 Å². The Hall–Kier alpha value is -3.63. The first kappa shape index (κ1) is 35.2. The lowest BCUT2D eigenvalue weighted by Gasteiger charge is -2.40. The average molecular weight is 637 g/mol. The number of phenols is 1.